The monoisotopic (exact) mass is 352 g/mol. The second-order valence-corrected chi connectivity index (χ2v) is 6.08. The van der Waals surface area contributed by atoms with E-state index in [1.807, 2.05) is 6.07 Å². The quantitative estimate of drug-likeness (QED) is 0.582. The van der Waals surface area contributed by atoms with Gasteiger partial charge in [0.05, 0.1) is 11.8 Å². The molecule has 0 unspecified atom stereocenters. The Hall–Kier alpha value is -1.88. The number of aliphatic carboxylic acids is 2. The van der Waals surface area contributed by atoms with E-state index in [0.29, 0.717) is 0 Å². The minimum atomic E-state index is -1.08. The molecule has 0 aromatic heterocycles. The molecule has 0 fully saturated rings. The van der Waals surface area contributed by atoms with Crippen molar-refractivity contribution in [1.29, 1.82) is 0 Å². The molecule has 1 aromatic rings. The molecule has 0 aliphatic heterocycles. The minimum absolute atomic E-state index is 0.240. The normalized spacial score (nSPS) is 12.6. The van der Waals surface area contributed by atoms with Gasteiger partial charge in [0.25, 0.3) is 0 Å². The molecule has 2 atom stereocenters. The molecule has 0 radical (unpaired) electrons. The van der Waals surface area contributed by atoms with Crippen LogP contribution in [0.5, 0.6) is 0 Å². The number of carboxylic acid groups (broad SMARTS) is 2. The third-order valence-electron chi connectivity index (χ3n) is 3.89. The molecule has 1 aromatic carbocycles. The Morgan fingerprint density at radius 3 is 1.88 bits per heavy atom. The molecule has 0 spiro atoms. The van der Waals surface area contributed by atoms with Crippen LogP contribution in [0.25, 0.3) is 0 Å². The van der Waals surface area contributed by atoms with Gasteiger partial charge in [-0.3, -0.25) is 9.59 Å². The summed E-state index contributed by atoms with van der Waals surface area (Å²) in [7, 11) is 0. The van der Waals surface area contributed by atoms with Crippen molar-refractivity contribution < 1.29 is 24.5 Å². The maximum Gasteiger partial charge on any atom is 0.307 e. The molecular formula is C20H32O5. The van der Waals surface area contributed by atoms with Crippen LogP contribution >= 0.6 is 0 Å². The van der Waals surface area contributed by atoms with Gasteiger partial charge in [-0.25, -0.2) is 0 Å². The van der Waals surface area contributed by atoms with E-state index in [0.717, 1.165) is 18.8 Å². The predicted molar refractivity (Wildman–Crippen MR) is 98.7 cm³/mol. The molecule has 5 nitrogen and oxygen atoms in total. The molecule has 0 saturated heterocycles. The van der Waals surface area contributed by atoms with Crippen molar-refractivity contribution in [1.82, 2.24) is 0 Å². The number of hydrogen-bond acceptors (Lipinski definition) is 3. The number of benzene rings is 1. The van der Waals surface area contributed by atoms with E-state index in [2.05, 4.69) is 13.8 Å². The molecule has 5 heteroatoms. The van der Waals surface area contributed by atoms with Gasteiger partial charge < -0.3 is 14.9 Å². The first-order chi connectivity index (χ1) is 11.9. The first kappa shape index (κ1) is 23.1. The Morgan fingerprint density at radius 2 is 1.48 bits per heavy atom. The summed E-state index contributed by atoms with van der Waals surface area (Å²) in [5.41, 5.74) is 0.836. The lowest BCUT2D eigenvalue weighted by molar-refractivity contribution is -0.152. The summed E-state index contributed by atoms with van der Waals surface area (Å²) in [5, 5.41) is 17.8. The van der Waals surface area contributed by atoms with Gasteiger partial charge in [-0.05, 0) is 24.8 Å². The molecule has 0 aliphatic carbocycles. The minimum Gasteiger partial charge on any atom is -0.481 e. The second kappa shape index (κ2) is 14.5. The summed E-state index contributed by atoms with van der Waals surface area (Å²) in [6.45, 7) is 7.70. The van der Waals surface area contributed by atoms with Gasteiger partial charge in [0.15, 0.2) is 0 Å². The standard InChI is InChI=1S/C12H14O4.C8H18O/c1-8(11(13)14)10(12(15)16)7-9-5-3-2-4-6-9;1-3-5-7-9-8-6-4-2/h2-6,8,10H,7H2,1H3,(H,13,14)(H,15,16);3-8H2,1-2H3/t8-,10+;/m1./s1. The van der Waals surface area contributed by atoms with Crippen LogP contribution in [0.4, 0.5) is 0 Å². The number of carboxylic acids is 2. The molecule has 142 valence electrons. The second-order valence-electron chi connectivity index (χ2n) is 6.08. The van der Waals surface area contributed by atoms with E-state index in [1.54, 1.807) is 24.3 Å². The third-order valence-corrected chi connectivity index (χ3v) is 3.89. The molecular weight excluding hydrogens is 320 g/mol. The van der Waals surface area contributed by atoms with Crippen molar-refractivity contribution in [2.24, 2.45) is 11.8 Å². The van der Waals surface area contributed by atoms with Crippen LogP contribution in [0.2, 0.25) is 0 Å². The summed E-state index contributed by atoms with van der Waals surface area (Å²) < 4.78 is 5.31. The lowest BCUT2D eigenvalue weighted by Gasteiger charge is -2.16. The highest BCUT2D eigenvalue weighted by atomic mass is 16.5. The van der Waals surface area contributed by atoms with E-state index in [9.17, 15) is 9.59 Å². The maximum atomic E-state index is 11.0. The lowest BCUT2D eigenvalue weighted by Crippen LogP contribution is -2.29. The van der Waals surface area contributed by atoms with Crippen molar-refractivity contribution in [3.63, 3.8) is 0 Å². The Bertz CT molecular complexity index is 466. The smallest absolute Gasteiger partial charge is 0.307 e. The van der Waals surface area contributed by atoms with Gasteiger partial charge in [-0.15, -0.1) is 0 Å². The summed E-state index contributed by atoms with van der Waals surface area (Å²) in [5.74, 6) is -3.93. The van der Waals surface area contributed by atoms with Crippen molar-refractivity contribution in [2.45, 2.75) is 52.9 Å². The van der Waals surface area contributed by atoms with Crippen LogP contribution in [0.3, 0.4) is 0 Å². The van der Waals surface area contributed by atoms with Crippen molar-refractivity contribution in [2.75, 3.05) is 13.2 Å². The summed E-state index contributed by atoms with van der Waals surface area (Å²) >= 11 is 0. The first-order valence-corrected chi connectivity index (χ1v) is 9.01. The average Bonchev–Trinajstić information content (AvgIpc) is 2.60. The lowest BCUT2D eigenvalue weighted by atomic mass is 9.88. The fraction of sp³-hybridized carbons (Fsp3) is 0.600. The van der Waals surface area contributed by atoms with Gasteiger partial charge in [0.2, 0.25) is 0 Å². The molecule has 0 aliphatic rings. The van der Waals surface area contributed by atoms with Gasteiger partial charge in [-0.2, -0.15) is 0 Å². The highest BCUT2D eigenvalue weighted by molar-refractivity contribution is 5.79. The third kappa shape index (κ3) is 11.3. The van der Waals surface area contributed by atoms with Crippen molar-refractivity contribution in [3.05, 3.63) is 35.9 Å². The predicted octanol–water partition coefficient (Wildman–Crippen LogP) is 4.25. The molecule has 25 heavy (non-hydrogen) atoms. The largest absolute Gasteiger partial charge is 0.481 e. The first-order valence-electron chi connectivity index (χ1n) is 9.01. The zero-order chi connectivity index (χ0) is 19.1. The Balaban J connectivity index is 0.000000547. The molecule has 2 N–H and O–H groups in total. The van der Waals surface area contributed by atoms with E-state index < -0.39 is 23.8 Å². The zero-order valence-corrected chi connectivity index (χ0v) is 15.6. The average molecular weight is 352 g/mol. The summed E-state index contributed by atoms with van der Waals surface area (Å²) in [6, 6.07) is 9.04. The van der Waals surface area contributed by atoms with Crippen LogP contribution in [-0.2, 0) is 20.7 Å². The summed E-state index contributed by atoms with van der Waals surface area (Å²) in [6.07, 6.45) is 5.15. The van der Waals surface area contributed by atoms with E-state index >= 15 is 0 Å². The van der Waals surface area contributed by atoms with Gasteiger partial charge >= 0.3 is 11.9 Å². The number of carbonyl (C=O) groups is 2. The number of hydrogen-bond donors (Lipinski definition) is 2. The van der Waals surface area contributed by atoms with Crippen LogP contribution < -0.4 is 0 Å². The Morgan fingerprint density at radius 1 is 0.960 bits per heavy atom. The van der Waals surface area contributed by atoms with Crippen LogP contribution in [0, 0.1) is 11.8 Å². The van der Waals surface area contributed by atoms with E-state index in [-0.39, 0.29) is 6.42 Å². The molecule has 0 bridgehead atoms. The van der Waals surface area contributed by atoms with Gasteiger partial charge in [0, 0.05) is 13.2 Å². The van der Waals surface area contributed by atoms with E-state index in [1.165, 1.54) is 32.6 Å². The Labute approximate surface area is 151 Å². The summed E-state index contributed by atoms with van der Waals surface area (Å²) in [4.78, 5) is 21.8. The van der Waals surface area contributed by atoms with E-state index in [4.69, 9.17) is 14.9 Å². The molecule has 1 rings (SSSR count). The van der Waals surface area contributed by atoms with Gasteiger partial charge in [-0.1, -0.05) is 63.9 Å². The number of rotatable bonds is 11. The molecule has 0 saturated carbocycles. The van der Waals surface area contributed by atoms with Crippen LogP contribution in [0.1, 0.15) is 52.0 Å². The SMILES string of the molecule is CCCCOCCCC.C[C@@H](C(=O)O)[C@H](Cc1ccccc1)C(=O)O. The Kier molecular flexibility index (Phi) is 13.4. The molecule has 0 heterocycles. The topological polar surface area (TPSA) is 83.8 Å². The zero-order valence-electron chi connectivity index (χ0n) is 15.6. The van der Waals surface area contributed by atoms with Gasteiger partial charge in [0.1, 0.15) is 0 Å². The number of ether oxygens (including phenoxy) is 1. The van der Waals surface area contributed by atoms with Crippen LogP contribution in [0.15, 0.2) is 30.3 Å². The van der Waals surface area contributed by atoms with Crippen molar-refractivity contribution in [3.8, 4) is 0 Å². The highest BCUT2D eigenvalue weighted by Crippen LogP contribution is 2.18. The maximum absolute atomic E-state index is 11.0. The molecule has 0 amide bonds. The number of unbranched alkanes of at least 4 members (excludes halogenated alkanes) is 2. The van der Waals surface area contributed by atoms with Crippen LogP contribution in [-0.4, -0.2) is 35.4 Å². The highest BCUT2D eigenvalue weighted by Gasteiger charge is 2.29. The fourth-order valence-corrected chi connectivity index (χ4v) is 2.11. The fourth-order valence-electron chi connectivity index (χ4n) is 2.11. The van der Waals surface area contributed by atoms with Crippen molar-refractivity contribution >= 4 is 11.9 Å².